The van der Waals surface area contributed by atoms with E-state index < -0.39 is 0 Å². The van der Waals surface area contributed by atoms with Crippen LogP contribution in [0.25, 0.3) is 0 Å². The Balaban J connectivity index is 1.88. The van der Waals surface area contributed by atoms with Crippen LogP contribution in [0, 0.1) is 0 Å². The van der Waals surface area contributed by atoms with E-state index in [9.17, 15) is 0 Å². The Morgan fingerprint density at radius 3 is 3.18 bits per heavy atom. The number of hydrogen-bond donors (Lipinski definition) is 0. The normalized spacial score (nSPS) is 21.4. The zero-order valence-corrected chi connectivity index (χ0v) is 11.0. The lowest BCUT2D eigenvalue weighted by atomic mass is 10.0. The standard InChI is InChI=1S/C13H19ClN2O/c1-16-7-3-2-4-12(16)10-17-13-8-11(9-14)5-6-15-13/h5-6,8,12H,2-4,7,9-10H2,1H3. The summed E-state index contributed by atoms with van der Waals surface area (Å²) in [6.45, 7) is 1.89. The smallest absolute Gasteiger partial charge is 0.213 e. The fourth-order valence-electron chi connectivity index (χ4n) is 2.15. The molecule has 0 aliphatic carbocycles. The van der Waals surface area contributed by atoms with Crippen LogP contribution < -0.4 is 4.74 Å². The van der Waals surface area contributed by atoms with Crippen molar-refractivity contribution in [2.24, 2.45) is 0 Å². The Morgan fingerprint density at radius 1 is 1.53 bits per heavy atom. The van der Waals surface area contributed by atoms with Gasteiger partial charge in [-0.2, -0.15) is 0 Å². The highest BCUT2D eigenvalue weighted by atomic mass is 35.5. The van der Waals surface area contributed by atoms with Gasteiger partial charge in [0.25, 0.3) is 0 Å². The summed E-state index contributed by atoms with van der Waals surface area (Å²) in [5, 5.41) is 0. The molecule has 0 aromatic carbocycles. The second-order valence-corrected chi connectivity index (χ2v) is 4.84. The maximum atomic E-state index is 5.78. The number of likely N-dealkylation sites (tertiary alicyclic amines) is 1. The Morgan fingerprint density at radius 2 is 2.41 bits per heavy atom. The Kier molecular flexibility index (Phi) is 4.63. The van der Waals surface area contributed by atoms with Gasteiger partial charge in [-0.1, -0.05) is 6.42 Å². The minimum atomic E-state index is 0.502. The van der Waals surface area contributed by atoms with Crippen LogP contribution in [0.3, 0.4) is 0 Å². The van der Waals surface area contributed by atoms with Gasteiger partial charge in [0.1, 0.15) is 6.61 Å². The first-order valence-electron chi connectivity index (χ1n) is 6.13. The van der Waals surface area contributed by atoms with Gasteiger partial charge in [-0.25, -0.2) is 4.98 Å². The molecule has 1 fully saturated rings. The van der Waals surface area contributed by atoms with Gasteiger partial charge in [-0.15, -0.1) is 11.6 Å². The van der Waals surface area contributed by atoms with Gasteiger partial charge in [0, 0.05) is 24.2 Å². The minimum absolute atomic E-state index is 0.502. The van der Waals surface area contributed by atoms with Gasteiger partial charge in [-0.05, 0) is 38.1 Å². The van der Waals surface area contributed by atoms with Crippen molar-refractivity contribution in [3.8, 4) is 5.88 Å². The summed E-state index contributed by atoms with van der Waals surface area (Å²) in [5.74, 6) is 1.18. The number of pyridine rings is 1. The topological polar surface area (TPSA) is 25.4 Å². The number of halogens is 1. The summed E-state index contributed by atoms with van der Waals surface area (Å²) in [7, 11) is 2.16. The van der Waals surface area contributed by atoms with Crippen LogP contribution in [0.5, 0.6) is 5.88 Å². The maximum Gasteiger partial charge on any atom is 0.213 e. The van der Waals surface area contributed by atoms with Crippen molar-refractivity contribution in [1.82, 2.24) is 9.88 Å². The number of hydrogen-bond acceptors (Lipinski definition) is 3. The third-order valence-electron chi connectivity index (χ3n) is 3.30. The Hall–Kier alpha value is -0.800. The Labute approximate surface area is 108 Å². The van der Waals surface area contributed by atoms with Crippen molar-refractivity contribution in [3.63, 3.8) is 0 Å². The first-order valence-corrected chi connectivity index (χ1v) is 6.67. The minimum Gasteiger partial charge on any atom is -0.476 e. The fraction of sp³-hybridized carbons (Fsp3) is 0.615. The highest BCUT2D eigenvalue weighted by molar-refractivity contribution is 6.17. The van der Waals surface area contributed by atoms with E-state index in [2.05, 4.69) is 16.9 Å². The quantitative estimate of drug-likeness (QED) is 0.773. The highest BCUT2D eigenvalue weighted by Crippen LogP contribution is 2.17. The molecule has 94 valence electrons. The molecule has 0 radical (unpaired) electrons. The lowest BCUT2D eigenvalue weighted by molar-refractivity contribution is 0.122. The molecular formula is C13H19ClN2O. The van der Waals surface area contributed by atoms with Crippen molar-refractivity contribution in [3.05, 3.63) is 23.9 Å². The first-order chi connectivity index (χ1) is 8.29. The lowest BCUT2D eigenvalue weighted by Crippen LogP contribution is -2.40. The Bertz CT molecular complexity index is 359. The van der Waals surface area contributed by atoms with Crippen molar-refractivity contribution in [1.29, 1.82) is 0 Å². The predicted molar refractivity (Wildman–Crippen MR) is 69.6 cm³/mol. The zero-order valence-electron chi connectivity index (χ0n) is 10.2. The summed E-state index contributed by atoms with van der Waals surface area (Å²) in [6.07, 6.45) is 5.56. The molecule has 0 bridgehead atoms. The molecular weight excluding hydrogens is 236 g/mol. The van der Waals surface area contributed by atoms with Crippen LogP contribution in [0.15, 0.2) is 18.3 Å². The van der Waals surface area contributed by atoms with Gasteiger partial charge >= 0.3 is 0 Å². The molecule has 1 aromatic heterocycles. The van der Waals surface area contributed by atoms with E-state index in [0.717, 1.165) is 12.2 Å². The summed E-state index contributed by atoms with van der Waals surface area (Å²) >= 11 is 5.78. The molecule has 2 heterocycles. The summed E-state index contributed by atoms with van der Waals surface area (Å²) in [4.78, 5) is 6.57. The second kappa shape index (κ2) is 6.22. The number of aromatic nitrogens is 1. The maximum absolute atomic E-state index is 5.78. The van der Waals surface area contributed by atoms with E-state index in [4.69, 9.17) is 16.3 Å². The zero-order chi connectivity index (χ0) is 12.1. The van der Waals surface area contributed by atoms with Crippen molar-refractivity contribution >= 4 is 11.6 Å². The summed E-state index contributed by atoms with van der Waals surface area (Å²) in [6, 6.07) is 4.34. The fourth-order valence-corrected chi connectivity index (χ4v) is 2.32. The van der Waals surface area contributed by atoms with Crippen molar-refractivity contribution in [2.45, 2.75) is 31.2 Å². The molecule has 1 saturated heterocycles. The molecule has 0 saturated carbocycles. The molecule has 1 unspecified atom stereocenters. The number of alkyl halides is 1. The number of nitrogens with zero attached hydrogens (tertiary/aromatic N) is 2. The van der Waals surface area contributed by atoms with Gasteiger partial charge < -0.3 is 9.64 Å². The largest absolute Gasteiger partial charge is 0.476 e. The van der Waals surface area contributed by atoms with E-state index in [1.54, 1.807) is 6.20 Å². The molecule has 0 N–H and O–H groups in total. The van der Waals surface area contributed by atoms with Gasteiger partial charge in [0.15, 0.2) is 0 Å². The molecule has 1 aliphatic heterocycles. The lowest BCUT2D eigenvalue weighted by Gasteiger charge is -2.31. The van der Waals surface area contributed by atoms with Crippen LogP contribution in [0.4, 0.5) is 0 Å². The van der Waals surface area contributed by atoms with Crippen LogP contribution >= 0.6 is 11.6 Å². The molecule has 1 atom stereocenters. The van der Waals surface area contributed by atoms with Crippen LogP contribution in [-0.4, -0.2) is 36.1 Å². The predicted octanol–water partition coefficient (Wildman–Crippen LogP) is 2.68. The van der Waals surface area contributed by atoms with E-state index in [-0.39, 0.29) is 0 Å². The van der Waals surface area contributed by atoms with E-state index >= 15 is 0 Å². The van der Waals surface area contributed by atoms with Crippen molar-refractivity contribution < 1.29 is 4.74 Å². The molecule has 17 heavy (non-hydrogen) atoms. The van der Waals surface area contributed by atoms with E-state index in [1.165, 1.54) is 25.8 Å². The number of ether oxygens (including phenoxy) is 1. The third-order valence-corrected chi connectivity index (χ3v) is 3.61. The van der Waals surface area contributed by atoms with Crippen LogP contribution in [0.1, 0.15) is 24.8 Å². The van der Waals surface area contributed by atoms with Gasteiger partial charge in [0.05, 0.1) is 0 Å². The number of rotatable bonds is 4. The number of piperidine rings is 1. The highest BCUT2D eigenvalue weighted by Gasteiger charge is 2.19. The molecule has 1 aliphatic rings. The second-order valence-electron chi connectivity index (χ2n) is 4.58. The van der Waals surface area contributed by atoms with Gasteiger partial charge in [0.2, 0.25) is 5.88 Å². The van der Waals surface area contributed by atoms with Crippen molar-refractivity contribution in [2.75, 3.05) is 20.2 Å². The molecule has 3 nitrogen and oxygen atoms in total. The van der Waals surface area contributed by atoms with Crippen LogP contribution in [0.2, 0.25) is 0 Å². The average Bonchev–Trinajstić information content (AvgIpc) is 2.38. The molecule has 0 amide bonds. The van der Waals surface area contributed by atoms with Gasteiger partial charge in [-0.3, -0.25) is 0 Å². The average molecular weight is 255 g/mol. The molecule has 4 heteroatoms. The summed E-state index contributed by atoms with van der Waals surface area (Å²) in [5.41, 5.74) is 1.05. The summed E-state index contributed by atoms with van der Waals surface area (Å²) < 4.78 is 5.75. The van der Waals surface area contributed by atoms with Crippen LogP contribution in [-0.2, 0) is 5.88 Å². The van der Waals surface area contributed by atoms with E-state index in [1.807, 2.05) is 12.1 Å². The third kappa shape index (κ3) is 3.58. The molecule has 1 aromatic rings. The SMILES string of the molecule is CN1CCCCC1COc1cc(CCl)ccn1. The van der Waals surface area contributed by atoms with E-state index in [0.29, 0.717) is 17.8 Å². The molecule has 0 spiro atoms. The first kappa shape index (κ1) is 12.7. The monoisotopic (exact) mass is 254 g/mol. The number of likely N-dealkylation sites (N-methyl/N-ethyl adjacent to an activating group) is 1. The molecule has 2 rings (SSSR count).